The number of non-ortho nitro benzene ring substituents is 1. The number of nitrogens with one attached hydrogen (secondary N) is 1. The van der Waals surface area contributed by atoms with Crippen LogP contribution in [0.2, 0.25) is 0 Å². The standard InChI is InChI=1S/C14H21N3O4/c1-3-12(4-2)16(8-9-18)14(19)15-11-6-5-7-13(10-11)17(20)21/h5-7,10,12,18H,3-4,8-9H2,1-2H3,(H,15,19). The Morgan fingerprint density at radius 1 is 1.43 bits per heavy atom. The fourth-order valence-corrected chi connectivity index (χ4v) is 2.18. The number of carbonyl (C=O) groups is 1. The van der Waals surface area contributed by atoms with Crippen LogP contribution < -0.4 is 5.32 Å². The summed E-state index contributed by atoms with van der Waals surface area (Å²) in [6.45, 7) is 4.05. The van der Waals surface area contributed by atoms with E-state index in [0.717, 1.165) is 12.8 Å². The summed E-state index contributed by atoms with van der Waals surface area (Å²) in [7, 11) is 0. The number of urea groups is 1. The van der Waals surface area contributed by atoms with E-state index in [1.54, 1.807) is 11.0 Å². The van der Waals surface area contributed by atoms with Gasteiger partial charge in [-0.1, -0.05) is 19.9 Å². The predicted molar refractivity (Wildman–Crippen MR) is 80.3 cm³/mol. The molecule has 0 aromatic heterocycles. The van der Waals surface area contributed by atoms with E-state index in [-0.39, 0.29) is 30.9 Å². The molecule has 0 fully saturated rings. The lowest BCUT2D eigenvalue weighted by molar-refractivity contribution is -0.384. The number of aliphatic hydroxyl groups excluding tert-OH is 1. The zero-order valence-electron chi connectivity index (χ0n) is 12.3. The maximum Gasteiger partial charge on any atom is 0.322 e. The van der Waals surface area contributed by atoms with Crippen LogP contribution in [0.15, 0.2) is 24.3 Å². The van der Waals surface area contributed by atoms with Crippen molar-refractivity contribution in [3.8, 4) is 0 Å². The number of nitro groups is 1. The van der Waals surface area contributed by atoms with E-state index >= 15 is 0 Å². The van der Waals surface area contributed by atoms with E-state index in [2.05, 4.69) is 5.32 Å². The minimum Gasteiger partial charge on any atom is -0.395 e. The second-order valence-corrected chi connectivity index (χ2v) is 4.62. The summed E-state index contributed by atoms with van der Waals surface area (Å²) >= 11 is 0. The second kappa shape index (κ2) is 8.21. The van der Waals surface area contributed by atoms with Gasteiger partial charge in [0.05, 0.1) is 11.5 Å². The first-order valence-electron chi connectivity index (χ1n) is 6.96. The summed E-state index contributed by atoms with van der Waals surface area (Å²) in [6.07, 6.45) is 1.55. The van der Waals surface area contributed by atoms with Crippen molar-refractivity contribution in [2.45, 2.75) is 32.7 Å². The van der Waals surface area contributed by atoms with Crippen LogP contribution in [0, 0.1) is 10.1 Å². The van der Waals surface area contributed by atoms with Crippen LogP contribution in [-0.4, -0.2) is 40.2 Å². The summed E-state index contributed by atoms with van der Waals surface area (Å²) in [5, 5.41) is 22.5. The van der Waals surface area contributed by atoms with Gasteiger partial charge >= 0.3 is 6.03 Å². The van der Waals surface area contributed by atoms with Crippen LogP contribution in [0.5, 0.6) is 0 Å². The average molecular weight is 295 g/mol. The molecule has 0 saturated carbocycles. The van der Waals surface area contributed by atoms with Crippen molar-refractivity contribution in [1.29, 1.82) is 0 Å². The van der Waals surface area contributed by atoms with E-state index in [1.807, 2.05) is 13.8 Å². The van der Waals surface area contributed by atoms with E-state index in [4.69, 9.17) is 5.11 Å². The smallest absolute Gasteiger partial charge is 0.322 e. The Hall–Kier alpha value is -2.15. The van der Waals surface area contributed by atoms with E-state index in [0.29, 0.717) is 5.69 Å². The molecule has 21 heavy (non-hydrogen) atoms. The zero-order valence-corrected chi connectivity index (χ0v) is 12.3. The van der Waals surface area contributed by atoms with E-state index in [9.17, 15) is 14.9 Å². The van der Waals surface area contributed by atoms with Gasteiger partial charge in [0.1, 0.15) is 0 Å². The van der Waals surface area contributed by atoms with Gasteiger partial charge in [-0.25, -0.2) is 4.79 Å². The third-order valence-electron chi connectivity index (χ3n) is 3.29. The van der Waals surface area contributed by atoms with Gasteiger partial charge in [-0.3, -0.25) is 10.1 Å². The summed E-state index contributed by atoms with van der Waals surface area (Å²) in [5.41, 5.74) is 0.284. The molecule has 0 spiro atoms. The first-order chi connectivity index (χ1) is 10.0. The van der Waals surface area contributed by atoms with Crippen molar-refractivity contribution >= 4 is 17.4 Å². The van der Waals surface area contributed by atoms with Gasteiger partial charge in [0.15, 0.2) is 0 Å². The highest BCUT2D eigenvalue weighted by atomic mass is 16.6. The predicted octanol–water partition coefficient (Wildman–Crippen LogP) is 2.61. The number of nitro benzene ring substituents is 1. The minimum atomic E-state index is -0.512. The third kappa shape index (κ3) is 4.71. The van der Waals surface area contributed by atoms with Gasteiger partial charge in [0.2, 0.25) is 0 Å². The molecule has 7 nitrogen and oxygen atoms in total. The summed E-state index contributed by atoms with van der Waals surface area (Å²) in [6, 6.07) is 5.44. The molecule has 0 saturated heterocycles. The molecule has 2 N–H and O–H groups in total. The Bertz CT molecular complexity index is 489. The molecule has 0 aliphatic carbocycles. The Kier molecular flexibility index (Phi) is 6.61. The van der Waals surface area contributed by atoms with Gasteiger partial charge in [0, 0.05) is 30.4 Å². The number of hydrogen-bond acceptors (Lipinski definition) is 4. The molecule has 116 valence electrons. The molecule has 0 bridgehead atoms. The van der Waals surface area contributed by atoms with Crippen LogP contribution in [-0.2, 0) is 0 Å². The minimum absolute atomic E-state index is 0.0239. The first-order valence-corrected chi connectivity index (χ1v) is 6.96. The monoisotopic (exact) mass is 295 g/mol. The van der Waals surface area contributed by atoms with Crippen LogP contribution in [0.25, 0.3) is 0 Å². The highest BCUT2D eigenvalue weighted by molar-refractivity contribution is 5.89. The number of amides is 2. The number of benzene rings is 1. The van der Waals surface area contributed by atoms with Crippen LogP contribution >= 0.6 is 0 Å². The lowest BCUT2D eigenvalue weighted by Crippen LogP contribution is -2.44. The molecular formula is C14H21N3O4. The number of carbonyl (C=O) groups excluding carboxylic acids is 1. The summed E-state index contributed by atoms with van der Waals surface area (Å²) in [5.74, 6) is 0. The fourth-order valence-electron chi connectivity index (χ4n) is 2.18. The van der Waals surface area contributed by atoms with Crippen molar-refractivity contribution in [3.05, 3.63) is 34.4 Å². The maximum atomic E-state index is 12.3. The average Bonchev–Trinajstić information content (AvgIpc) is 2.47. The van der Waals surface area contributed by atoms with Crippen molar-refractivity contribution < 1.29 is 14.8 Å². The Balaban J connectivity index is 2.85. The van der Waals surface area contributed by atoms with Crippen LogP contribution in [0.4, 0.5) is 16.2 Å². The fraction of sp³-hybridized carbons (Fsp3) is 0.500. The van der Waals surface area contributed by atoms with Crippen molar-refractivity contribution in [2.75, 3.05) is 18.5 Å². The van der Waals surface area contributed by atoms with Gasteiger partial charge in [0.25, 0.3) is 5.69 Å². The largest absolute Gasteiger partial charge is 0.395 e. The van der Waals surface area contributed by atoms with Crippen LogP contribution in [0.1, 0.15) is 26.7 Å². The molecule has 0 radical (unpaired) electrons. The highest BCUT2D eigenvalue weighted by Crippen LogP contribution is 2.18. The second-order valence-electron chi connectivity index (χ2n) is 4.62. The molecule has 1 aromatic rings. The zero-order chi connectivity index (χ0) is 15.8. The molecule has 1 aromatic carbocycles. The van der Waals surface area contributed by atoms with Crippen molar-refractivity contribution in [3.63, 3.8) is 0 Å². The third-order valence-corrected chi connectivity index (χ3v) is 3.29. The Morgan fingerprint density at radius 3 is 2.62 bits per heavy atom. The topological polar surface area (TPSA) is 95.7 Å². The SMILES string of the molecule is CCC(CC)N(CCO)C(=O)Nc1cccc([N+](=O)[O-])c1. The number of rotatable bonds is 7. The molecule has 0 heterocycles. The van der Waals surface area contributed by atoms with E-state index in [1.165, 1.54) is 18.2 Å². The number of hydrogen-bond donors (Lipinski definition) is 2. The molecule has 1 rings (SSSR count). The van der Waals surface area contributed by atoms with Gasteiger partial charge in [-0.15, -0.1) is 0 Å². The Morgan fingerprint density at radius 2 is 2.10 bits per heavy atom. The van der Waals surface area contributed by atoms with Crippen LogP contribution in [0.3, 0.4) is 0 Å². The molecule has 0 aliphatic heterocycles. The number of anilines is 1. The molecular weight excluding hydrogens is 274 g/mol. The number of aliphatic hydroxyl groups is 1. The summed E-state index contributed by atoms with van der Waals surface area (Å²) in [4.78, 5) is 24.0. The summed E-state index contributed by atoms with van der Waals surface area (Å²) < 4.78 is 0. The molecule has 0 atom stereocenters. The first kappa shape index (κ1) is 16.9. The lowest BCUT2D eigenvalue weighted by Gasteiger charge is -2.30. The van der Waals surface area contributed by atoms with Gasteiger partial charge in [-0.2, -0.15) is 0 Å². The molecule has 7 heteroatoms. The normalized spacial score (nSPS) is 10.5. The van der Waals surface area contributed by atoms with Crippen molar-refractivity contribution in [2.24, 2.45) is 0 Å². The maximum absolute atomic E-state index is 12.3. The highest BCUT2D eigenvalue weighted by Gasteiger charge is 2.21. The van der Waals surface area contributed by atoms with Crippen molar-refractivity contribution in [1.82, 2.24) is 4.90 Å². The van der Waals surface area contributed by atoms with Gasteiger partial charge < -0.3 is 15.3 Å². The molecule has 2 amide bonds. The number of nitrogens with zero attached hydrogens (tertiary/aromatic N) is 2. The Labute approximate surface area is 123 Å². The molecule has 0 aliphatic rings. The quantitative estimate of drug-likeness (QED) is 0.597. The van der Waals surface area contributed by atoms with E-state index < -0.39 is 4.92 Å². The lowest BCUT2D eigenvalue weighted by atomic mass is 10.1. The molecule has 0 unspecified atom stereocenters. The van der Waals surface area contributed by atoms with Gasteiger partial charge in [-0.05, 0) is 18.9 Å².